The molecular weight excluding hydrogens is 286 g/mol. The average molecular weight is 326 g/mol. The minimum atomic E-state index is 0.0141. The van der Waals surface area contributed by atoms with E-state index in [1.165, 1.54) is 64.2 Å². The third-order valence-electron chi connectivity index (χ3n) is 4.95. The zero-order valence-electron chi connectivity index (χ0n) is 15.7. The van der Waals surface area contributed by atoms with E-state index in [9.17, 15) is 4.79 Å². The Bertz CT molecular complexity index is 293. The second kappa shape index (κ2) is 13.8. The second-order valence-corrected chi connectivity index (χ2v) is 7.07. The Morgan fingerprint density at radius 2 is 1.57 bits per heavy atom. The maximum absolute atomic E-state index is 11.8. The van der Waals surface area contributed by atoms with Gasteiger partial charge in [0.05, 0.1) is 12.5 Å². The molecule has 0 amide bonds. The van der Waals surface area contributed by atoms with E-state index in [1.807, 2.05) is 6.92 Å². The fraction of sp³-hybridized carbons (Fsp3) is 0.950. The molecule has 136 valence electrons. The molecule has 1 saturated heterocycles. The van der Waals surface area contributed by atoms with Crippen molar-refractivity contribution in [3.63, 3.8) is 0 Å². The largest absolute Gasteiger partial charge is 0.466 e. The zero-order chi connectivity index (χ0) is 16.8. The molecule has 1 unspecified atom stereocenters. The summed E-state index contributed by atoms with van der Waals surface area (Å²) in [6.07, 6.45) is 16.0. The van der Waals surface area contributed by atoms with Gasteiger partial charge in [0, 0.05) is 6.54 Å². The number of esters is 1. The minimum Gasteiger partial charge on any atom is -0.466 e. The minimum absolute atomic E-state index is 0.0141. The average Bonchev–Trinajstić information content (AvgIpc) is 2.57. The van der Waals surface area contributed by atoms with Crippen LogP contribution in [0, 0.1) is 5.92 Å². The molecule has 1 fully saturated rings. The second-order valence-electron chi connectivity index (χ2n) is 7.07. The third kappa shape index (κ3) is 10.0. The number of hydrogen-bond donors (Lipinski definition) is 0. The van der Waals surface area contributed by atoms with Crippen molar-refractivity contribution < 1.29 is 9.53 Å². The highest BCUT2D eigenvalue weighted by Crippen LogP contribution is 2.19. The normalized spacial score (nSPS) is 19.0. The number of carbonyl (C=O) groups is 1. The van der Waals surface area contributed by atoms with Gasteiger partial charge in [-0.2, -0.15) is 0 Å². The van der Waals surface area contributed by atoms with Gasteiger partial charge >= 0.3 is 5.97 Å². The van der Waals surface area contributed by atoms with Crippen LogP contribution in [-0.2, 0) is 9.53 Å². The molecule has 3 heteroatoms. The van der Waals surface area contributed by atoms with Crippen LogP contribution in [0.15, 0.2) is 0 Å². The summed E-state index contributed by atoms with van der Waals surface area (Å²) in [4.78, 5) is 14.3. The van der Waals surface area contributed by atoms with Crippen molar-refractivity contribution in [2.24, 2.45) is 5.92 Å². The van der Waals surface area contributed by atoms with Gasteiger partial charge in [-0.05, 0) is 39.3 Å². The molecular formula is C20H39NO2. The summed E-state index contributed by atoms with van der Waals surface area (Å²) < 4.78 is 5.17. The molecule has 1 aliphatic rings. The predicted octanol–water partition coefficient (Wildman–Crippen LogP) is 5.18. The summed E-state index contributed by atoms with van der Waals surface area (Å²) in [5.41, 5.74) is 0. The smallest absolute Gasteiger partial charge is 0.310 e. The van der Waals surface area contributed by atoms with Gasteiger partial charge in [-0.3, -0.25) is 4.79 Å². The van der Waals surface area contributed by atoms with Crippen molar-refractivity contribution in [2.75, 3.05) is 26.2 Å². The van der Waals surface area contributed by atoms with E-state index in [1.54, 1.807) is 0 Å². The van der Waals surface area contributed by atoms with E-state index in [4.69, 9.17) is 4.74 Å². The Hall–Kier alpha value is -0.570. The Balaban J connectivity index is 1.95. The van der Waals surface area contributed by atoms with Crippen LogP contribution in [-0.4, -0.2) is 37.1 Å². The number of likely N-dealkylation sites (tertiary alicyclic amines) is 1. The molecule has 0 aromatic carbocycles. The topological polar surface area (TPSA) is 29.5 Å². The van der Waals surface area contributed by atoms with Crippen LogP contribution < -0.4 is 0 Å². The highest BCUT2D eigenvalue weighted by atomic mass is 16.5. The fourth-order valence-corrected chi connectivity index (χ4v) is 3.53. The Labute approximate surface area is 144 Å². The predicted molar refractivity (Wildman–Crippen MR) is 97.6 cm³/mol. The molecule has 1 atom stereocenters. The molecule has 3 nitrogen and oxygen atoms in total. The summed E-state index contributed by atoms with van der Waals surface area (Å²) in [6.45, 7) is 7.91. The van der Waals surface area contributed by atoms with Crippen LogP contribution in [0.4, 0.5) is 0 Å². The van der Waals surface area contributed by atoms with Gasteiger partial charge in [-0.25, -0.2) is 0 Å². The molecule has 0 aromatic rings. The highest BCUT2D eigenvalue weighted by Gasteiger charge is 2.26. The van der Waals surface area contributed by atoms with Gasteiger partial charge in [0.1, 0.15) is 0 Å². The Morgan fingerprint density at radius 3 is 2.17 bits per heavy atom. The van der Waals surface area contributed by atoms with E-state index in [2.05, 4.69) is 11.8 Å². The van der Waals surface area contributed by atoms with Crippen LogP contribution in [0.25, 0.3) is 0 Å². The first-order valence-corrected chi connectivity index (χ1v) is 10.2. The molecule has 1 aliphatic heterocycles. The first kappa shape index (κ1) is 20.5. The number of unbranched alkanes of at least 4 members (excludes halogenated alkanes) is 9. The van der Waals surface area contributed by atoms with Crippen molar-refractivity contribution in [1.29, 1.82) is 0 Å². The standard InChI is InChI=1S/C20H39NO2/c1-3-5-6-7-8-9-10-11-12-13-16-21-17-14-15-19(18-21)20(22)23-4-2/h19H,3-18H2,1-2H3. The lowest BCUT2D eigenvalue weighted by atomic mass is 9.98. The molecule has 0 N–H and O–H groups in total. The molecule has 1 rings (SSSR count). The Morgan fingerprint density at radius 1 is 0.957 bits per heavy atom. The number of hydrogen-bond acceptors (Lipinski definition) is 3. The molecule has 1 heterocycles. The lowest BCUT2D eigenvalue weighted by molar-refractivity contribution is -0.149. The number of ether oxygens (including phenoxy) is 1. The van der Waals surface area contributed by atoms with Gasteiger partial charge in [-0.1, -0.05) is 64.7 Å². The summed E-state index contributed by atoms with van der Waals surface area (Å²) >= 11 is 0. The van der Waals surface area contributed by atoms with Crippen LogP contribution in [0.3, 0.4) is 0 Å². The lowest BCUT2D eigenvalue weighted by Gasteiger charge is -2.31. The maximum Gasteiger partial charge on any atom is 0.310 e. The van der Waals surface area contributed by atoms with Gasteiger partial charge in [0.2, 0.25) is 0 Å². The SMILES string of the molecule is CCCCCCCCCCCCN1CCCC(C(=O)OCC)C1. The van der Waals surface area contributed by atoms with E-state index >= 15 is 0 Å². The van der Waals surface area contributed by atoms with Crippen molar-refractivity contribution in [3.8, 4) is 0 Å². The van der Waals surface area contributed by atoms with Gasteiger partial charge in [0.15, 0.2) is 0 Å². The molecule has 0 bridgehead atoms. The zero-order valence-corrected chi connectivity index (χ0v) is 15.7. The lowest BCUT2D eigenvalue weighted by Crippen LogP contribution is -2.39. The quantitative estimate of drug-likeness (QED) is 0.345. The summed E-state index contributed by atoms with van der Waals surface area (Å²) in [7, 11) is 0. The molecule has 0 aliphatic carbocycles. The highest BCUT2D eigenvalue weighted by molar-refractivity contribution is 5.72. The van der Waals surface area contributed by atoms with Crippen LogP contribution in [0.5, 0.6) is 0 Å². The van der Waals surface area contributed by atoms with E-state index < -0.39 is 0 Å². The first-order valence-electron chi connectivity index (χ1n) is 10.2. The van der Waals surface area contributed by atoms with Crippen LogP contribution >= 0.6 is 0 Å². The van der Waals surface area contributed by atoms with E-state index in [-0.39, 0.29) is 11.9 Å². The van der Waals surface area contributed by atoms with Crippen molar-refractivity contribution in [2.45, 2.75) is 90.9 Å². The molecule has 23 heavy (non-hydrogen) atoms. The van der Waals surface area contributed by atoms with Crippen molar-refractivity contribution in [1.82, 2.24) is 4.90 Å². The van der Waals surface area contributed by atoms with Crippen molar-refractivity contribution >= 4 is 5.97 Å². The molecule has 0 spiro atoms. The fourth-order valence-electron chi connectivity index (χ4n) is 3.53. The third-order valence-corrected chi connectivity index (χ3v) is 4.95. The summed E-state index contributed by atoms with van der Waals surface area (Å²) in [5, 5.41) is 0. The van der Waals surface area contributed by atoms with Gasteiger partial charge < -0.3 is 9.64 Å². The Kier molecular flexibility index (Phi) is 12.3. The van der Waals surface area contributed by atoms with Crippen LogP contribution in [0.1, 0.15) is 90.9 Å². The summed E-state index contributed by atoms with van der Waals surface area (Å²) in [6, 6.07) is 0. The summed E-state index contributed by atoms with van der Waals surface area (Å²) in [5.74, 6) is 0.132. The van der Waals surface area contributed by atoms with Gasteiger partial charge in [-0.15, -0.1) is 0 Å². The van der Waals surface area contributed by atoms with Crippen molar-refractivity contribution in [3.05, 3.63) is 0 Å². The number of rotatable bonds is 13. The van der Waals surface area contributed by atoms with Crippen LogP contribution in [0.2, 0.25) is 0 Å². The number of piperidine rings is 1. The molecule has 0 aromatic heterocycles. The maximum atomic E-state index is 11.8. The van der Waals surface area contributed by atoms with E-state index in [0.29, 0.717) is 6.61 Å². The number of carbonyl (C=O) groups excluding carboxylic acids is 1. The molecule has 0 saturated carbocycles. The monoisotopic (exact) mass is 325 g/mol. The first-order chi connectivity index (χ1) is 11.3. The molecule has 0 radical (unpaired) electrons. The van der Waals surface area contributed by atoms with Gasteiger partial charge in [0.25, 0.3) is 0 Å². The van der Waals surface area contributed by atoms with E-state index in [0.717, 1.165) is 32.5 Å². The number of nitrogens with zero attached hydrogens (tertiary/aromatic N) is 1.